The number of hydrogen-bond donors (Lipinski definition) is 2. The van der Waals surface area contributed by atoms with Crippen molar-refractivity contribution in [2.24, 2.45) is 5.73 Å². The van der Waals surface area contributed by atoms with Gasteiger partial charge in [0.05, 0.1) is 17.0 Å². The van der Waals surface area contributed by atoms with Crippen LogP contribution < -0.4 is 11.1 Å². The van der Waals surface area contributed by atoms with E-state index < -0.39 is 23.6 Å². The molecule has 0 saturated heterocycles. The van der Waals surface area contributed by atoms with Crippen molar-refractivity contribution in [3.63, 3.8) is 0 Å². The number of primary amides is 1. The molecular weight excluding hydrogens is 360 g/mol. The molecule has 2 amide bonds. The third-order valence-electron chi connectivity index (χ3n) is 4.14. The molecule has 0 saturated carbocycles. The minimum atomic E-state index is -1.13. The highest BCUT2D eigenvalue weighted by atomic mass is 16.5. The first-order valence-corrected chi connectivity index (χ1v) is 8.53. The van der Waals surface area contributed by atoms with E-state index in [0.717, 1.165) is 5.56 Å². The molecule has 142 valence electrons. The smallest absolute Gasteiger partial charge is 0.291 e. The van der Waals surface area contributed by atoms with E-state index in [2.05, 4.69) is 15.5 Å². The molecule has 3 rings (SSSR count). The molecule has 3 N–H and O–H groups in total. The normalized spacial score (nSPS) is 11.6. The Hall–Kier alpha value is -3.81. The Bertz CT molecular complexity index is 1000. The minimum Gasteiger partial charge on any atom is -0.363 e. The number of amides is 2. The summed E-state index contributed by atoms with van der Waals surface area (Å²) in [6.45, 7) is 1.68. The van der Waals surface area contributed by atoms with Crippen LogP contribution in [-0.2, 0) is 16.0 Å². The van der Waals surface area contributed by atoms with E-state index in [9.17, 15) is 14.4 Å². The number of carbonyl (C=O) groups excluding carboxylic acids is 3. The van der Waals surface area contributed by atoms with Gasteiger partial charge in [-0.05, 0) is 24.6 Å². The largest absolute Gasteiger partial charge is 0.363 e. The fourth-order valence-corrected chi connectivity index (χ4v) is 2.79. The van der Waals surface area contributed by atoms with Gasteiger partial charge in [0.1, 0.15) is 6.04 Å². The average Bonchev–Trinajstić information content (AvgIpc) is 3.09. The fourth-order valence-electron chi connectivity index (χ4n) is 2.79. The van der Waals surface area contributed by atoms with Gasteiger partial charge >= 0.3 is 0 Å². The summed E-state index contributed by atoms with van der Waals surface area (Å²) in [6.07, 6.45) is 1.69. The van der Waals surface area contributed by atoms with Crippen molar-refractivity contribution in [1.82, 2.24) is 15.5 Å². The van der Waals surface area contributed by atoms with Gasteiger partial charge in [0, 0.05) is 12.6 Å². The Morgan fingerprint density at radius 1 is 1.11 bits per heavy atom. The summed E-state index contributed by atoms with van der Waals surface area (Å²) >= 11 is 0. The molecule has 0 aliphatic rings. The van der Waals surface area contributed by atoms with Crippen LogP contribution in [0.5, 0.6) is 0 Å². The maximum absolute atomic E-state index is 12.8. The zero-order chi connectivity index (χ0) is 20.1. The van der Waals surface area contributed by atoms with Crippen LogP contribution in [0.3, 0.4) is 0 Å². The van der Waals surface area contributed by atoms with Crippen LogP contribution in [-0.4, -0.2) is 33.8 Å². The Labute approximate surface area is 160 Å². The monoisotopic (exact) mass is 378 g/mol. The summed E-state index contributed by atoms with van der Waals surface area (Å²) < 4.78 is 5.17. The summed E-state index contributed by atoms with van der Waals surface area (Å²) in [5, 5.41) is 6.37. The van der Waals surface area contributed by atoms with Crippen molar-refractivity contribution in [2.75, 3.05) is 0 Å². The van der Waals surface area contributed by atoms with E-state index >= 15 is 0 Å². The van der Waals surface area contributed by atoms with Crippen molar-refractivity contribution in [2.45, 2.75) is 19.4 Å². The highest BCUT2D eigenvalue weighted by molar-refractivity contribution is 6.38. The van der Waals surface area contributed by atoms with Crippen LogP contribution in [0.1, 0.15) is 21.8 Å². The van der Waals surface area contributed by atoms with E-state index in [1.54, 1.807) is 55.6 Å². The molecule has 1 atom stereocenters. The summed E-state index contributed by atoms with van der Waals surface area (Å²) in [6, 6.07) is 13.1. The van der Waals surface area contributed by atoms with E-state index in [-0.39, 0.29) is 12.2 Å². The first-order chi connectivity index (χ1) is 13.5. The second kappa shape index (κ2) is 8.26. The summed E-state index contributed by atoms with van der Waals surface area (Å²) in [7, 11) is 0. The molecule has 3 aromatic rings. The lowest BCUT2D eigenvalue weighted by molar-refractivity contribution is -0.137. The van der Waals surface area contributed by atoms with Gasteiger partial charge < -0.3 is 15.6 Å². The van der Waals surface area contributed by atoms with Crippen LogP contribution >= 0.6 is 0 Å². The van der Waals surface area contributed by atoms with Crippen LogP contribution in [0.25, 0.3) is 11.3 Å². The second-order valence-corrected chi connectivity index (χ2v) is 6.13. The molecule has 0 spiro atoms. The van der Waals surface area contributed by atoms with Crippen molar-refractivity contribution in [3.8, 4) is 11.3 Å². The average molecular weight is 378 g/mol. The van der Waals surface area contributed by atoms with Gasteiger partial charge in [0.25, 0.3) is 11.8 Å². The van der Waals surface area contributed by atoms with Gasteiger partial charge in [-0.1, -0.05) is 41.6 Å². The van der Waals surface area contributed by atoms with Gasteiger partial charge in [-0.15, -0.1) is 0 Å². The van der Waals surface area contributed by atoms with Gasteiger partial charge in [-0.25, -0.2) is 0 Å². The maximum Gasteiger partial charge on any atom is 0.291 e. The Balaban J connectivity index is 1.89. The summed E-state index contributed by atoms with van der Waals surface area (Å²) in [5.41, 5.74) is 7.31. The predicted molar refractivity (Wildman–Crippen MR) is 100 cm³/mol. The van der Waals surface area contributed by atoms with E-state index in [4.69, 9.17) is 10.3 Å². The van der Waals surface area contributed by atoms with Gasteiger partial charge in [0.15, 0.2) is 0 Å². The summed E-state index contributed by atoms with van der Waals surface area (Å²) in [5.74, 6) is -2.80. The van der Waals surface area contributed by atoms with Crippen molar-refractivity contribution in [1.29, 1.82) is 0 Å². The first-order valence-electron chi connectivity index (χ1n) is 8.53. The lowest BCUT2D eigenvalue weighted by atomic mass is 10.0. The molecule has 0 aliphatic heterocycles. The molecule has 0 fully saturated rings. The second-order valence-electron chi connectivity index (χ2n) is 6.13. The number of nitrogens with zero attached hydrogens (tertiary/aromatic N) is 2. The predicted octanol–water partition coefficient (Wildman–Crippen LogP) is 1.44. The fraction of sp³-hybridized carbons (Fsp3) is 0.150. The van der Waals surface area contributed by atoms with Crippen molar-refractivity contribution < 1.29 is 18.9 Å². The number of pyridine rings is 1. The summed E-state index contributed by atoms with van der Waals surface area (Å²) in [4.78, 5) is 40.7. The van der Waals surface area contributed by atoms with E-state index in [1.807, 2.05) is 6.07 Å². The Morgan fingerprint density at radius 2 is 1.82 bits per heavy atom. The third-order valence-corrected chi connectivity index (χ3v) is 4.14. The number of carbonyl (C=O) groups is 3. The van der Waals surface area contributed by atoms with E-state index in [1.165, 1.54) is 0 Å². The zero-order valence-electron chi connectivity index (χ0n) is 15.1. The minimum absolute atomic E-state index is 0.0912. The number of aryl methyl sites for hydroxylation is 1. The molecule has 8 nitrogen and oxygen atoms in total. The molecule has 8 heteroatoms. The number of ketones is 1. The van der Waals surface area contributed by atoms with Crippen molar-refractivity contribution in [3.05, 3.63) is 71.7 Å². The molecule has 2 aromatic heterocycles. The van der Waals surface area contributed by atoms with Crippen LogP contribution in [0, 0.1) is 6.92 Å². The lowest BCUT2D eigenvalue weighted by Crippen LogP contribution is -2.47. The zero-order valence-corrected chi connectivity index (χ0v) is 15.1. The standard InChI is InChI=1S/C20H18N4O4/c1-12-16(14-9-5-6-10-22-14)18(28-24-12)20(27)23-15(17(25)19(21)26)11-13-7-3-2-4-8-13/h2-10,15H,11H2,1H3,(H2,21,26)(H,23,27). The number of nitrogens with one attached hydrogen (secondary N) is 1. The van der Waals surface area contributed by atoms with Gasteiger partial charge in [-0.2, -0.15) is 0 Å². The molecule has 1 unspecified atom stereocenters. The number of rotatable bonds is 7. The quantitative estimate of drug-likeness (QED) is 0.599. The highest BCUT2D eigenvalue weighted by Gasteiger charge is 2.29. The number of benzene rings is 1. The molecule has 2 heterocycles. The number of nitrogens with two attached hydrogens (primary N) is 1. The third kappa shape index (κ3) is 4.12. The molecule has 0 radical (unpaired) electrons. The molecule has 0 aliphatic carbocycles. The Morgan fingerprint density at radius 3 is 2.46 bits per heavy atom. The molecule has 1 aromatic carbocycles. The molecule has 0 bridgehead atoms. The number of hydrogen-bond acceptors (Lipinski definition) is 6. The lowest BCUT2D eigenvalue weighted by Gasteiger charge is -2.15. The van der Waals surface area contributed by atoms with Gasteiger partial charge in [-0.3, -0.25) is 19.4 Å². The first kappa shape index (κ1) is 19.0. The SMILES string of the molecule is Cc1noc(C(=O)NC(Cc2ccccc2)C(=O)C(N)=O)c1-c1ccccn1. The van der Waals surface area contributed by atoms with Crippen molar-refractivity contribution >= 4 is 17.6 Å². The molecular formula is C20H18N4O4. The van der Waals surface area contributed by atoms with Crippen LogP contribution in [0.4, 0.5) is 0 Å². The van der Waals surface area contributed by atoms with Crippen LogP contribution in [0.2, 0.25) is 0 Å². The maximum atomic E-state index is 12.8. The van der Waals surface area contributed by atoms with Crippen LogP contribution in [0.15, 0.2) is 59.3 Å². The Kier molecular flexibility index (Phi) is 5.59. The number of Topliss-reactive ketones (excluding diaryl/α,β-unsaturated/α-hetero) is 1. The van der Waals surface area contributed by atoms with Gasteiger partial charge in [0.2, 0.25) is 11.5 Å². The van der Waals surface area contributed by atoms with E-state index in [0.29, 0.717) is 17.0 Å². The topological polar surface area (TPSA) is 128 Å². The highest BCUT2D eigenvalue weighted by Crippen LogP contribution is 2.25. The molecule has 28 heavy (non-hydrogen) atoms. The number of aromatic nitrogens is 2.